The number of halogens is 2. The molecule has 2 atom stereocenters. The van der Waals surface area contributed by atoms with Crippen LogP contribution in [0.4, 0.5) is 8.78 Å². The molecule has 1 aliphatic heterocycles. The molecule has 1 fully saturated rings. The number of aldehydes is 1. The van der Waals surface area contributed by atoms with Gasteiger partial charge in [0.25, 0.3) is 5.92 Å². The second kappa shape index (κ2) is 14.9. The highest BCUT2D eigenvalue weighted by molar-refractivity contribution is 5.98. The van der Waals surface area contributed by atoms with Gasteiger partial charge in [-0.05, 0) is 71.3 Å². The molecule has 8 nitrogen and oxygen atoms in total. The molecule has 10 heteroatoms. The van der Waals surface area contributed by atoms with E-state index in [4.69, 9.17) is 15.7 Å². The lowest BCUT2D eigenvalue weighted by Gasteiger charge is -2.18. The number of nitrogens with two attached hydrogens (primary N) is 1. The molecule has 1 saturated heterocycles. The minimum atomic E-state index is -2.93. The molecule has 1 amide bonds. The number of likely N-dealkylation sites (tertiary alicyclic amines) is 1. The Morgan fingerprint density at radius 2 is 1.83 bits per heavy atom. The van der Waals surface area contributed by atoms with Crippen LogP contribution in [0.5, 0.6) is 5.75 Å². The fourth-order valence-corrected chi connectivity index (χ4v) is 5.57. The van der Waals surface area contributed by atoms with E-state index in [0.29, 0.717) is 12.2 Å². The highest BCUT2D eigenvalue weighted by Gasteiger charge is 2.46. The van der Waals surface area contributed by atoms with Gasteiger partial charge in [-0.15, -0.1) is 0 Å². The van der Waals surface area contributed by atoms with Gasteiger partial charge in [0.2, 0.25) is 5.91 Å². The summed E-state index contributed by atoms with van der Waals surface area (Å²) in [5.41, 5.74) is 11.1. The number of hydrogen-bond acceptors (Lipinski definition) is 7. The first-order chi connectivity index (χ1) is 22.7. The van der Waals surface area contributed by atoms with Crippen LogP contribution in [0.1, 0.15) is 22.3 Å². The van der Waals surface area contributed by atoms with Gasteiger partial charge in [0.15, 0.2) is 6.29 Å². The average Bonchev–Trinajstić information content (AvgIpc) is 3.42. The van der Waals surface area contributed by atoms with Crippen LogP contribution in [0.3, 0.4) is 0 Å². The third-order valence-corrected chi connectivity index (χ3v) is 7.93. The smallest absolute Gasteiger partial charge is 0.268 e. The first-order valence-corrected chi connectivity index (χ1v) is 15.2. The Hall–Kier alpha value is -5.24. The van der Waals surface area contributed by atoms with Gasteiger partial charge in [-0.2, -0.15) is 5.26 Å². The molecule has 1 aromatic heterocycles. The van der Waals surface area contributed by atoms with Gasteiger partial charge in [-0.3, -0.25) is 14.6 Å². The van der Waals surface area contributed by atoms with Crippen LogP contribution in [0.15, 0.2) is 97.2 Å². The van der Waals surface area contributed by atoms with Crippen molar-refractivity contribution in [3.05, 3.63) is 108 Å². The number of nitriles is 1. The van der Waals surface area contributed by atoms with Gasteiger partial charge in [-0.25, -0.2) is 8.78 Å². The number of likely N-dealkylation sites (N-methyl/N-ethyl adjacent to an activating group) is 1. The summed E-state index contributed by atoms with van der Waals surface area (Å²) in [6, 6.07) is 31.0. The van der Waals surface area contributed by atoms with Crippen molar-refractivity contribution < 1.29 is 23.1 Å². The van der Waals surface area contributed by atoms with E-state index in [1.807, 2.05) is 48.5 Å². The van der Waals surface area contributed by atoms with Crippen LogP contribution in [0, 0.1) is 11.3 Å². The number of rotatable bonds is 9. The number of benzene rings is 4. The summed E-state index contributed by atoms with van der Waals surface area (Å²) >= 11 is 0. The van der Waals surface area contributed by atoms with E-state index in [1.54, 1.807) is 25.4 Å². The summed E-state index contributed by atoms with van der Waals surface area (Å²) in [5.74, 6) is -2.61. The third-order valence-electron chi connectivity index (χ3n) is 7.93. The van der Waals surface area contributed by atoms with Crippen molar-refractivity contribution in [3.8, 4) is 22.9 Å². The maximum Gasteiger partial charge on any atom is 0.268 e. The van der Waals surface area contributed by atoms with Crippen molar-refractivity contribution >= 4 is 33.9 Å². The number of nitrogens with one attached hydrogen (secondary N) is 1. The van der Waals surface area contributed by atoms with E-state index >= 15 is 0 Å². The largest absolute Gasteiger partial charge is 0.492 e. The molecule has 0 aliphatic carbocycles. The number of ether oxygens (including phenoxy) is 1. The molecular weight excluding hydrogens is 600 g/mol. The first kappa shape index (κ1) is 33.1. The third kappa shape index (κ3) is 8.33. The molecular formula is C37H35F2N5O3. The van der Waals surface area contributed by atoms with Crippen molar-refractivity contribution in [2.24, 2.45) is 5.73 Å². The maximum absolute atomic E-state index is 12.9. The lowest BCUT2D eigenvalue weighted by molar-refractivity contribution is -0.131. The number of amides is 1. The average molecular weight is 636 g/mol. The Morgan fingerprint density at radius 1 is 1.09 bits per heavy atom. The molecule has 6 rings (SSSR count). The topological polar surface area (TPSA) is 121 Å². The summed E-state index contributed by atoms with van der Waals surface area (Å²) in [5, 5.41) is 14.5. The number of aromatic nitrogens is 1. The zero-order valence-electron chi connectivity index (χ0n) is 25.9. The van der Waals surface area contributed by atoms with Gasteiger partial charge in [0, 0.05) is 29.6 Å². The first-order valence-electron chi connectivity index (χ1n) is 15.2. The monoisotopic (exact) mass is 635 g/mol. The predicted octanol–water partition coefficient (Wildman–Crippen LogP) is 5.78. The fraction of sp³-hybridized carbons (Fsp3) is 0.243. The molecule has 0 saturated carbocycles. The number of hydrogen-bond donors (Lipinski definition) is 2. The van der Waals surface area contributed by atoms with Gasteiger partial charge < -0.3 is 20.7 Å². The molecule has 3 N–H and O–H groups in total. The minimum Gasteiger partial charge on any atom is -0.492 e. The Kier molecular flexibility index (Phi) is 10.5. The molecule has 2 heterocycles. The summed E-state index contributed by atoms with van der Waals surface area (Å²) in [7, 11) is 1.55. The number of carbonyl (C=O) groups excluding carboxylic acids is 2. The highest BCUT2D eigenvalue weighted by Crippen LogP contribution is 2.31. The normalized spacial score (nSPS) is 15.8. The van der Waals surface area contributed by atoms with Gasteiger partial charge in [-0.1, -0.05) is 60.7 Å². The molecule has 4 aromatic carbocycles. The Bertz CT molecular complexity index is 1910. The zero-order chi connectivity index (χ0) is 33.4. The Labute approximate surface area is 271 Å². The highest BCUT2D eigenvalue weighted by atomic mass is 19.3. The molecule has 5 aromatic rings. The Morgan fingerprint density at radius 3 is 2.55 bits per heavy atom. The number of carbonyl (C=O) groups is 2. The number of fused-ring (bicyclic) bond motifs is 2. The summed E-state index contributed by atoms with van der Waals surface area (Å²) in [6.07, 6.45) is 2.72. The second-order valence-corrected chi connectivity index (χ2v) is 11.5. The molecule has 47 heavy (non-hydrogen) atoms. The van der Waals surface area contributed by atoms with Crippen molar-refractivity contribution in [3.63, 3.8) is 0 Å². The van der Waals surface area contributed by atoms with Crippen molar-refractivity contribution in [1.82, 2.24) is 15.2 Å². The van der Waals surface area contributed by atoms with Crippen LogP contribution in [0.25, 0.3) is 32.8 Å². The second-order valence-electron chi connectivity index (χ2n) is 11.5. The number of nitrogens with zero attached hydrogens (tertiary/aromatic N) is 3. The van der Waals surface area contributed by atoms with Gasteiger partial charge >= 0.3 is 0 Å². The molecule has 1 aliphatic rings. The van der Waals surface area contributed by atoms with Crippen molar-refractivity contribution in [2.45, 2.75) is 30.8 Å². The van der Waals surface area contributed by atoms with Crippen LogP contribution in [0.2, 0.25) is 0 Å². The van der Waals surface area contributed by atoms with E-state index in [0.717, 1.165) is 45.4 Å². The standard InChI is InChI=1S/C29H24N2O2.C8H11F2N3O/c30-26(16-20-5-6-21-3-1-2-4-23(21)15-20)19-33-27-10-7-22(8-11-27)24-9-12-29-28(17-24)25(18-32)13-14-31-29;1-12-4-7(14)13-5-8(9,10)2-6(13)3-11/h1-15,17-18,26H,16,19,30H2;6,12H,2,4-5H2,1H3. The lowest BCUT2D eigenvalue weighted by Crippen LogP contribution is -2.40. The van der Waals surface area contributed by atoms with Gasteiger partial charge in [0.05, 0.1) is 24.7 Å². The minimum absolute atomic E-state index is 0.0196. The van der Waals surface area contributed by atoms with E-state index in [9.17, 15) is 18.4 Å². The summed E-state index contributed by atoms with van der Waals surface area (Å²) < 4.78 is 31.7. The molecule has 0 radical (unpaired) electrons. The van der Waals surface area contributed by atoms with E-state index in [2.05, 4.69) is 46.7 Å². The number of pyridine rings is 1. The zero-order valence-corrected chi connectivity index (χ0v) is 25.9. The lowest BCUT2D eigenvalue weighted by atomic mass is 10.0. The van der Waals surface area contributed by atoms with Crippen LogP contribution in [-0.4, -0.2) is 66.8 Å². The van der Waals surface area contributed by atoms with E-state index in [1.165, 1.54) is 16.3 Å². The van der Waals surface area contributed by atoms with Crippen molar-refractivity contribution in [2.75, 3.05) is 26.7 Å². The van der Waals surface area contributed by atoms with Crippen LogP contribution < -0.4 is 15.8 Å². The van der Waals surface area contributed by atoms with Crippen molar-refractivity contribution in [1.29, 1.82) is 5.26 Å². The maximum atomic E-state index is 12.9. The molecule has 0 spiro atoms. The quantitative estimate of drug-likeness (QED) is 0.197. The summed E-state index contributed by atoms with van der Waals surface area (Å²) in [4.78, 5) is 27.9. The molecule has 0 bridgehead atoms. The summed E-state index contributed by atoms with van der Waals surface area (Å²) in [6.45, 7) is -0.226. The van der Waals surface area contributed by atoms with E-state index < -0.39 is 30.8 Å². The Balaban J connectivity index is 0.000000261. The fourth-order valence-electron chi connectivity index (χ4n) is 5.57. The van der Waals surface area contributed by atoms with E-state index in [-0.39, 0.29) is 12.6 Å². The SMILES string of the molecule is CNCC(=O)N1CC(F)(F)CC1C#N.NC(COc1ccc(-c2ccc3nccc(C=O)c3c2)cc1)Cc1ccc2ccccc2c1. The molecule has 2 unspecified atom stereocenters. The molecule has 240 valence electrons. The van der Waals surface area contributed by atoms with Crippen LogP contribution in [-0.2, 0) is 11.2 Å². The van der Waals surface area contributed by atoms with Gasteiger partial charge in [0.1, 0.15) is 18.4 Å². The van der Waals surface area contributed by atoms with Crippen LogP contribution >= 0.6 is 0 Å². The number of alkyl halides is 2. The predicted molar refractivity (Wildman–Crippen MR) is 178 cm³/mol.